The molecule has 5 heteroatoms. The number of rotatable bonds is 4. The topological polar surface area (TPSA) is 80.6 Å². The standard InChI is InChI=1S/C20H16O4.K/c21-15-9-5-13(6-10-15)19(14-7-11-16(22)12-8-14)17-3-1-2-4-18(17)20(23)24;/h1-12,19,21-22H,(H,23,24);/q;+1/p-1. The Morgan fingerprint density at radius 1 is 0.760 bits per heavy atom. The van der Waals surface area contributed by atoms with Crippen LogP contribution in [-0.4, -0.2) is 16.2 Å². The summed E-state index contributed by atoms with van der Waals surface area (Å²) in [6.45, 7) is 0. The number of carboxylic acids is 1. The van der Waals surface area contributed by atoms with Gasteiger partial charge in [-0.25, -0.2) is 0 Å². The van der Waals surface area contributed by atoms with Crippen LogP contribution in [0.4, 0.5) is 0 Å². The van der Waals surface area contributed by atoms with E-state index in [2.05, 4.69) is 0 Å². The van der Waals surface area contributed by atoms with Crippen molar-refractivity contribution in [2.75, 3.05) is 0 Å². The van der Waals surface area contributed by atoms with E-state index >= 15 is 0 Å². The summed E-state index contributed by atoms with van der Waals surface area (Å²) in [5.41, 5.74) is 2.36. The Kier molecular flexibility index (Phi) is 6.81. The summed E-state index contributed by atoms with van der Waals surface area (Å²) in [7, 11) is 0. The Hall–Kier alpha value is -1.63. The minimum Gasteiger partial charge on any atom is -0.545 e. The Morgan fingerprint density at radius 2 is 1.20 bits per heavy atom. The molecule has 2 N–H and O–H groups in total. The Balaban J connectivity index is 0.00000225. The Labute approximate surface area is 188 Å². The van der Waals surface area contributed by atoms with Crippen molar-refractivity contribution in [2.45, 2.75) is 5.92 Å². The molecule has 25 heavy (non-hydrogen) atoms. The molecule has 0 aliphatic carbocycles. The van der Waals surface area contributed by atoms with Gasteiger partial charge in [0.05, 0.1) is 5.97 Å². The molecule has 0 aromatic heterocycles. The summed E-state index contributed by atoms with van der Waals surface area (Å²) in [6, 6.07) is 19.9. The largest absolute Gasteiger partial charge is 1.00 e. The summed E-state index contributed by atoms with van der Waals surface area (Å²) >= 11 is 0. The van der Waals surface area contributed by atoms with Crippen LogP contribution in [0.15, 0.2) is 72.8 Å². The van der Waals surface area contributed by atoms with Crippen LogP contribution in [0, 0.1) is 0 Å². The third-order valence-corrected chi connectivity index (χ3v) is 3.94. The minimum absolute atomic E-state index is 0. The first kappa shape index (κ1) is 19.7. The van der Waals surface area contributed by atoms with Gasteiger partial charge in [-0.05, 0) is 41.0 Å². The number of hydrogen-bond donors (Lipinski definition) is 2. The van der Waals surface area contributed by atoms with E-state index in [0.717, 1.165) is 11.1 Å². The number of carbonyl (C=O) groups excluding carboxylic acids is 1. The number of benzene rings is 3. The van der Waals surface area contributed by atoms with Crippen LogP contribution >= 0.6 is 0 Å². The van der Waals surface area contributed by atoms with Gasteiger partial charge in [0.25, 0.3) is 0 Å². The number of carbonyl (C=O) groups is 1. The summed E-state index contributed by atoms with van der Waals surface area (Å²) in [5, 5.41) is 30.5. The van der Waals surface area contributed by atoms with Crippen LogP contribution < -0.4 is 56.5 Å². The van der Waals surface area contributed by atoms with E-state index in [0.29, 0.717) is 5.56 Å². The Bertz CT molecular complexity index is 812. The second kappa shape index (κ2) is 8.65. The molecule has 0 unspecified atom stereocenters. The maximum Gasteiger partial charge on any atom is 1.00 e. The van der Waals surface area contributed by atoms with E-state index in [4.69, 9.17) is 0 Å². The van der Waals surface area contributed by atoms with Gasteiger partial charge in [0.15, 0.2) is 0 Å². The van der Waals surface area contributed by atoms with Crippen LogP contribution in [-0.2, 0) is 0 Å². The molecule has 0 aliphatic rings. The quantitative estimate of drug-likeness (QED) is 0.493. The number of hydrogen-bond acceptors (Lipinski definition) is 4. The fourth-order valence-electron chi connectivity index (χ4n) is 2.82. The third kappa shape index (κ3) is 4.51. The first-order chi connectivity index (χ1) is 11.6. The van der Waals surface area contributed by atoms with E-state index in [1.54, 1.807) is 66.7 Å². The maximum absolute atomic E-state index is 11.5. The predicted molar refractivity (Wildman–Crippen MR) is 87.9 cm³/mol. The molecule has 0 amide bonds. The second-order valence-electron chi connectivity index (χ2n) is 5.49. The fourth-order valence-corrected chi connectivity index (χ4v) is 2.82. The van der Waals surface area contributed by atoms with Gasteiger partial charge in [0.2, 0.25) is 0 Å². The second-order valence-corrected chi connectivity index (χ2v) is 5.49. The zero-order valence-corrected chi connectivity index (χ0v) is 16.8. The average Bonchev–Trinajstić information content (AvgIpc) is 2.59. The minimum atomic E-state index is -1.24. The third-order valence-electron chi connectivity index (χ3n) is 3.94. The number of aromatic hydroxyl groups is 2. The first-order valence-electron chi connectivity index (χ1n) is 7.44. The van der Waals surface area contributed by atoms with Crippen molar-refractivity contribution < 1.29 is 71.5 Å². The van der Waals surface area contributed by atoms with Crippen molar-refractivity contribution in [3.8, 4) is 11.5 Å². The van der Waals surface area contributed by atoms with E-state index in [1.165, 1.54) is 6.07 Å². The van der Waals surface area contributed by atoms with Crippen LogP contribution in [0.25, 0.3) is 0 Å². The molecule has 0 radical (unpaired) electrons. The molecule has 4 nitrogen and oxygen atoms in total. The van der Waals surface area contributed by atoms with E-state index in [1.807, 2.05) is 0 Å². The summed E-state index contributed by atoms with van der Waals surface area (Å²) in [4.78, 5) is 11.5. The van der Waals surface area contributed by atoms with Crippen molar-refractivity contribution in [1.29, 1.82) is 0 Å². The van der Waals surface area contributed by atoms with Crippen molar-refractivity contribution in [3.05, 3.63) is 95.1 Å². The van der Waals surface area contributed by atoms with Crippen molar-refractivity contribution in [1.82, 2.24) is 0 Å². The zero-order chi connectivity index (χ0) is 17.1. The molecule has 0 spiro atoms. The molecule has 3 aromatic rings. The van der Waals surface area contributed by atoms with Gasteiger partial charge in [-0.3, -0.25) is 0 Å². The number of phenols is 2. The summed E-state index contributed by atoms with van der Waals surface area (Å²) in [5.74, 6) is -1.33. The van der Waals surface area contributed by atoms with E-state index in [9.17, 15) is 20.1 Å². The van der Waals surface area contributed by atoms with Crippen LogP contribution in [0.5, 0.6) is 11.5 Å². The number of phenolic OH excluding ortho intramolecular Hbond substituents is 2. The molecule has 3 rings (SSSR count). The van der Waals surface area contributed by atoms with Gasteiger partial charge in [0.1, 0.15) is 11.5 Å². The van der Waals surface area contributed by atoms with Gasteiger partial charge < -0.3 is 20.1 Å². The van der Waals surface area contributed by atoms with Crippen molar-refractivity contribution in [3.63, 3.8) is 0 Å². The molecule has 120 valence electrons. The zero-order valence-electron chi connectivity index (χ0n) is 13.7. The van der Waals surface area contributed by atoms with Gasteiger partial charge in [-0.15, -0.1) is 0 Å². The molecule has 0 saturated heterocycles. The van der Waals surface area contributed by atoms with Gasteiger partial charge in [-0.1, -0.05) is 48.5 Å². The molecular weight excluding hydrogens is 343 g/mol. The molecule has 0 aliphatic heterocycles. The molecular formula is C20H15KO4. The van der Waals surface area contributed by atoms with Gasteiger partial charge in [-0.2, -0.15) is 0 Å². The molecule has 0 heterocycles. The normalized spacial score (nSPS) is 10.3. The number of carboxylic acid groups (broad SMARTS) is 1. The molecule has 0 saturated carbocycles. The van der Waals surface area contributed by atoms with Crippen LogP contribution in [0.3, 0.4) is 0 Å². The molecule has 0 atom stereocenters. The van der Waals surface area contributed by atoms with Crippen LogP contribution in [0.1, 0.15) is 33.0 Å². The first-order valence-corrected chi connectivity index (χ1v) is 7.44. The molecule has 0 fully saturated rings. The maximum atomic E-state index is 11.5. The van der Waals surface area contributed by atoms with Gasteiger partial charge >= 0.3 is 51.4 Å². The van der Waals surface area contributed by atoms with E-state index in [-0.39, 0.29) is 74.4 Å². The number of aromatic carboxylic acids is 1. The van der Waals surface area contributed by atoms with Crippen LogP contribution in [0.2, 0.25) is 0 Å². The average molecular weight is 358 g/mol. The summed E-state index contributed by atoms with van der Waals surface area (Å²) < 4.78 is 0. The van der Waals surface area contributed by atoms with Crippen molar-refractivity contribution in [2.24, 2.45) is 0 Å². The van der Waals surface area contributed by atoms with E-state index < -0.39 is 5.97 Å². The predicted octanol–water partition coefficient (Wildman–Crippen LogP) is -0.355. The molecule has 0 bridgehead atoms. The van der Waals surface area contributed by atoms with Gasteiger partial charge in [0, 0.05) is 11.5 Å². The SMILES string of the molecule is O=C([O-])c1ccccc1C(c1ccc(O)cc1)c1ccc(O)cc1.[K+]. The smallest absolute Gasteiger partial charge is 0.545 e. The fraction of sp³-hybridized carbons (Fsp3) is 0.0500. The van der Waals surface area contributed by atoms with Crippen molar-refractivity contribution >= 4 is 5.97 Å². The molecule has 3 aromatic carbocycles. The summed E-state index contributed by atoms with van der Waals surface area (Å²) in [6.07, 6.45) is 0. The Morgan fingerprint density at radius 3 is 1.64 bits per heavy atom. The monoisotopic (exact) mass is 358 g/mol.